The molecule has 2 aliphatic rings. The van der Waals surface area contributed by atoms with E-state index in [1.807, 2.05) is 0 Å². The molecule has 5 unspecified atom stereocenters. The van der Waals surface area contributed by atoms with Crippen LogP contribution in [0, 0.1) is 29.6 Å². The van der Waals surface area contributed by atoms with Crippen molar-refractivity contribution in [2.24, 2.45) is 29.6 Å². The van der Waals surface area contributed by atoms with Gasteiger partial charge in [0.1, 0.15) is 0 Å². The second-order valence-electron chi connectivity index (χ2n) is 8.11. The molecule has 0 spiro atoms. The van der Waals surface area contributed by atoms with Crippen molar-refractivity contribution in [3.05, 3.63) is 0 Å². The Kier molecular flexibility index (Phi) is 9.69. The first-order chi connectivity index (χ1) is 10.1. The molecule has 21 heavy (non-hydrogen) atoms. The predicted octanol–water partition coefficient (Wildman–Crippen LogP) is 7.47. The van der Waals surface area contributed by atoms with Gasteiger partial charge in [0.15, 0.2) is 0 Å². The van der Waals surface area contributed by atoms with Gasteiger partial charge < -0.3 is 0 Å². The van der Waals surface area contributed by atoms with Gasteiger partial charge in [-0.3, -0.25) is 0 Å². The summed E-state index contributed by atoms with van der Waals surface area (Å²) in [5, 5.41) is 0. The second kappa shape index (κ2) is 10.7. The fourth-order valence-corrected chi connectivity index (χ4v) is 4.76. The minimum absolute atomic E-state index is 1.000. The molecule has 0 aromatic rings. The van der Waals surface area contributed by atoms with Crippen LogP contribution in [-0.2, 0) is 0 Å². The molecule has 5 atom stereocenters. The molecule has 2 saturated carbocycles. The van der Waals surface area contributed by atoms with Gasteiger partial charge in [0.05, 0.1) is 0 Å². The quantitative estimate of drug-likeness (QED) is 0.461. The van der Waals surface area contributed by atoms with Crippen molar-refractivity contribution < 1.29 is 0 Å². The van der Waals surface area contributed by atoms with E-state index in [0.717, 1.165) is 29.6 Å². The van der Waals surface area contributed by atoms with Crippen LogP contribution in [0.5, 0.6) is 0 Å². The van der Waals surface area contributed by atoms with E-state index < -0.39 is 0 Å². The van der Waals surface area contributed by atoms with E-state index in [0.29, 0.717) is 0 Å². The summed E-state index contributed by atoms with van der Waals surface area (Å²) in [6.07, 6.45) is 16.1. The Balaban J connectivity index is 0.000000315. The minimum atomic E-state index is 1.000. The molecule has 0 bridgehead atoms. The van der Waals surface area contributed by atoms with Crippen molar-refractivity contribution in [3.8, 4) is 0 Å². The summed E-state index contributed by atoms with van der Waals surface area (Å²) in [6, 6.07) is 0. The maximum Gasteiger partial charge on any atom is -0.0360 e. The molecular weight excluding hydrogens is 252 g/mol. The first kappa shape index (κ1) is 19.0. The third-order valence-corrected chi connectivity index (χ3v) is 6.22. The lowest BCUT2D eigenvalue weighted by Crippen LogP contribution is -2.27. The van der Waals surface area contributed by atoms with Crippen LogP contribution >= 0.6 is 0 Å². The van der Waals surface area contributed by atoms with Crippen LogP contribution in [-0.4, -0.2) is 0 Å². The van der Waals surface area contributed by atoms with Crippen molar-refractivity contribution in [2.75, 3.05) is 0 Å². The van der Waals surface area contributed by atoms with Gasteiger partial charge in [0, 0.05) is 0 Å². The fourth-order valence-electron chi connectivity index (χ4n) is 4.76. The van der Waals surface area contributed by atoms with Crippen molar-refractivity contribution in [3.63, 3.8) is 0 Å². The summed E-state index contributed by atoms with van der Waals surface area (Å²) >= 11 is 0. The lowest BCUT2D eigenvalue weighted by atomic mass is 9.69. The van der Waals surface area contributed by atoms with Crippen LogP contribution in [0.2, 0.25) is 0 Å². The van der Waals surface area contributed by atoms with Gasteiger partial charge in [0.2, 0.25) is 0 Å². The number of rotatable bonds is 5. The normalized spacial score (nSPS) is 36.1. The maximum absolute atomic E-state index is 2.51. The monoisotopic (exact) mass is 294 g/mol. The largest absolute Gasteiger partial charge is 0.0654 e. The Bertz CT molecular complexity index is 240. The molecule has 2 aliphatic carbocycles. The van der Waals surface area contributed by atoms with Gasteiger partial charge in [-0.1, -0.05) is 79.6 Å². The summed E-state index contributed by atoms with van der Waals surface area (Å²) in [5.41, 5.74) is 0. The zero-order valence-electron chi connectivity index (χ0n) is 15.7. The van der Waals surface area contributed by atoms with Gasteiger partial charge >= 0.3 is 0 Å². The molecule has 0 aliphatic heterocycles. The van der Waals surface area contributed by atoms with E-state index in [1.165, 1.54) is 57.8 Å². The van der Waals surface area contributed by atoms with Crippen molar-refractivity contribution >= 4 is 0 Å². The highest BCUT2D eigenvalue weighted by atomic mass is 14.4. The first-order valence-electron chi connectivity index (χ1n) is 10.1. The highest BCUT2D eigenvalue weighted by molar-refractivity contribution is 4.86. The molecule has 0 radical (unpaired) electrons. The van der Waals surface area contributed by atoms with Gasteiger partial charge in [-0.2, -0.15) is 0 Å². The highest BCUT2D eigenvalue weighted by Gasteiger charge is 2.35. The lowest BCUT2D eigenvalue weighted by Gasteiger charge is -2.36. The van der Waals surface area contributed by atoms with Crippen LogP contribution in [0.25, 0.3) is 0 Å². The van der Waals surface area contributed by atoms with E-state index in [1.54, 1.807) is 12.8 Å². The fraction of sp³-hybridized carbons (Fsp3) is 1.00. The van der Waals surface area contributed by atoms with Gasteiger partial charge in [-0.25, -0.2) is 0 Å². The smallest absolute Gasteiger partial charge is 0.0360 e. The Labute approximate surface area is 135 Å². The van der Waals surface area contributed by atoms with Crippen LogP contribution in [0.3, 0.4) is 0 Å². The van der Waals surface area contributed by atoms with E-state index >= 15 is 0 Å². The van der Waals surface area contributed by atoms with E-state index in [4.69, 9.17) is 0 Å². The van der Waals surface area contributed by atoms with E-state index in [-0.39, 0.29) is 0 Å². The molecule has 0 amide bonds. The minimum Gasteiger partial charge on any atom is -0.0654 e. The molecule has 0 saturated heterocycles. The molecule has 0 nitrogen and oxygen atoms in total. The summed E-state index contributed by atoms with van der Waals surface area (Å²) < 4.78 is 0. The third-order valence-electron chi connectivity index (χ3n) is 6.22. The summed E-state index contributed by atoms with van der Waals surface area (Å²) in [5.74, 6) is 5.26. The molecule has 2 fully saturated rings. The van der Waals surface area contributed by atoms with Crippen molar-refractivity contribution in [1.82, 2.24) is 0 Å². The topological polar surface area (TPSA) is 0 Å². The van der Waals surface area contributed by atoms with Crippen LogP contribution in [0.1, 0.15) is 105 Å². The molecule has 0 aromatic carbocycles. The molecular formula is C21H42. The third kappa shape index (κ3) is 6.74. The average molecular weight is 295 g/mol. The molecule has 0 heterocycles. The van der Waals surface area contributed by atoms with Crippen LogP contribution < -0.4 is 0 Å². The van der Waals surface area contributed by atoms with Gasteiger partial charge in [-0.05, 0) is 55.3 Å². The van der Waals surface area contributed by atoms with E-state index in [2.05, 4.69) is 34.6 Å². The maximum atomic E-state index is 2.51. The predicted molar refractivity (Wildman–Crippen MR) is 96.6 cm³/mol. The zero-order chi connectivity index (χ0) is 15.7. The standard InChI is InChI=1S/C15H28.C6H14/c1-4-13-6-7-14(10-13)15-8-5-11(2)9-12(15)3;1-3-5-6-4-2/h11-15H,4-10H2,1-3H3;3-6H2,1-2H3. The first-order valence-corrected chi connectivity index (χ1v) is 10.1. The van der Waals surface area contributed by atoms with Crippen molar-refractivity contribution in [1.29, 1.82) is 0 Å². The molecule has 0 aromatic heterocycles. The van der Waals surface area contributed by atoms with Crippen molar-refractivity contribution in [2.45, 2.75) is 105 Å². The Morgan fingerprint density at radius 3 is 1.90 bits per heavy atom. The van der Waals surface area contributed by atoms with Gasteiger partial charge in [0.25, 0.3) is 0 Å². The van der Waals surface area contributed by atoms with Crippen LogP contribution in [0.4, 0.5) is 0 Å². The lowest BCUT2D eigenvalue weighted by molar-refractivity contribution is 0.141. The Morgan fingerprint density at radius 2 is 1.43 bits per heavy atom. The number of hydrogen-bond donors (Lipinski definition) is 0. The summed E-state index contributed by atoms with van der Waals surface area (Å²) in [6.45, 7) is 11.8. The van der Waals surface area contributed by atoms with Gasteiger partial charge in [-0.15, -0.1) is 0 Å². The molecule has 0 heteroatoms. The van der Waals surface area contributed by atoms with E-state index in [9.17, 15) is 0 Å². The number of hydrogen-bond acceptors (Lipinski definition) is 0. The molecule has 2 rings (SSSR count). The highest BCUT2D eigenvalue weighted by Crippen LogP contribution is 2.46. The summed E-state index contributed by atoms with van der Waals surface area (Å²) in [7, 11) is 0. The Morgan fingerprint density at radius 1 is 0.762 bits per heavy atom. The average Bonchev–Trinajstić information content (AvgIpc) is 2.94. The van der Waals surface area contributed by atoms with Crippen LogP contribution in [0.15, 0.2) is 0 Å². The second-order valence-corrected chi connectivity index (χ2v) is 8.11. The zero-order valence-corrected chi connectivity index (χ0v) is 15.7. The molecule has 0 N–H and O–H groups in total. The summed E-state index contributed by atoms with van der Waals surface area (Å²) in [4.78, 5) is 0. The molecule has 126 valence electrons. The number of unbranched alkanes of at least 4 members (excludes halogenated alkanes) is 3. The Hall–Kier alpha value is 0. The SMILES string of the molecule is CCC1CCC(C2CCC(C)CC2C)C1.CCCCCC.